The minimum atomic E-state index is -3.29. The summed E-state index contributed by atoms with van der Waals surface area (Å²) in [5, 5.41) is 3.51. The van der Waals surface area contributed by atoms with E-state index in [0.29, 0.717) is 21.3 Å². The van der Waals surface area contributed by atoms with Crippen LogP contribution in [0.3, 0.4) is 0 Å². The van der Waals surface area contributed by atoms with Gasteiger partial charge in [-0.15, -0.1) is 11.3 Å². The van der Waals surface area contributed by atoms with Gasteiger partial charge in [-0.05, 0) is 63.4 Å². The van der Waals surface area contributed by atoms with E-state index in [2.05, 4.69) is 15.3 Å². The predicted octanol–water partition coefficient (Wildman–Crippen LogP) is 4.59. The van der Waals surface area contributed by atoms with Crippen molar-refractivity contribution in [2.45, 2.75) is 56.6 Å². The van der Waals surface area contributed by atoms with Crippen molar-refractivity contribution in [3.63, 3.8) is 0 Å². The Labute approximate surface area is 174 Å². The minimum Gasteiger partial charge on any atom is -0.321 e. The van der Waals surface area contributed by atoms with Crippen molar-refractivity contribution >= 4 is 43.0 Å². The van der Waals surface area contributed by atoms with Crippen LogP contribution in [0.1, 0.15) is 52.4 Å². The predicted molar refractivity (Wildman–Crippen MR) is 115 cm³/mol. The van der Waals surface area contributed by atoms with Gasteiger partial charge in [-0.1, -0.05) is 12.8 Å². The molecule has 1 aliphatic carbocycles. The Morgan fingerprint density at radius 1 is 1.07 bits per heavy atom. The Hall–Kier alpha value is -2.32. The number of nitrogens with zero attached hydrogens (tertiary/aromatic N) is 2. The Morgan fingerprint density at radius 3 is 2.38 bits per heavy atom. The molecule has 0 saturated heterocycles. The molecule has 1 aliphatic rings. The van der Waals surface area contributed by atoms with Gasteiger partial charge < -0.3 is 5.32 Å². The number of aromatic nitrogens is 2. The van der Waals surface area contributed by atoms with Crippen molar-refractivity contribution in [2.75, 3.05) is 5.32 Å². The summed E-state index contributed by atoms with van der Waals surface area (Å²) in [6.07, 6.45) is 3.40. The summed E-state index contributed by atoms with van der Waals surface area (Å²) in [6, 6.07) is 6.47. The Balaban J connectivity index is 1.57. The molecule has 1 aromatic carbocycles. The number of aryl methyl sites for hydroxylation is 3. The SMILES string of the molecule is Cc1nc(C)c2c(C)c(C(=O)Nc3ccc(S(=O)(=O)C4CCCC4)cc3)sc2n1. The fourth-order valence-electron chi connectivity index (χ4n) is 4.00. The topological polar surface area (TPSA) is 89.0 Å². The summed E-state index contributed by atoms with van der Waals surface area (Å²) >= 11 is 1.34. The maximum atomic E-state index is 12.8. The van der Waals surface area contributed by atoms with Gasteiger partial charge in [0.25, 0.3) is 5.91 Å². The molecule has 2 heterocycles. The number of hydrogen-bond donors (Lipinski definition) is 1. The van der Waals surface area contributed by atoms with E-state index in [0.717, 1.165) is 47.2 Å². The molecule has 29 heavy (non-hydrogen) atoms. The van der Waals surface area contributed by atoms with E-state index in [1.54, 1.807) is 24.3 Å². The van der Waals surface area contributed by atoms with Gasteiger partial charge in [0.2, 0.25) is 0 Å². The molecule has 1 N–H and O–H groups in total. The second kappa shape index (κ2) is 7.50. The van der Waals surface area contributed by atoms with Crippen LogP contribution in [0.25, 0.3) is 10.2 Å². The number of amides is 1. The summed E-state index contributed by atoms with van der Waals surface area (Å²) in [7, 11) is -3.29. The summed E-state index contributed by atoms with van der Waals surface area (Å²) in [6.45, 7) is 5.65. The molecule has 1 saturated carbocycles. The van der Waals surface area contributed by atoms with Crippen molar-refractivity contribution < 1.29 is 13.2 Å². The van der Waals surface area contributed by atoms with Crippen molar-refractivity contribution in [3.05, 3.63) is 46.2 Å². The molecular weight excluding hydrogens is 406 g/mol. The molecule has 1 amide bonds. The van der Waals surface area contributed by atoms with Crippen molar-refractivity contribution in [1.82, 2.24) is 9.97 Å². The zero-order valence-electron chi connectivity index (χ0n) is 16.7. The monoisotopic (exact) mass is 429 g/mol. The average Bonchev–Trinajstić information content (AvgIpc) is 3.31. The highest BCUT2D eigenvalue weighted by Gasteiger charge is 2.30. The number of rotatable bonds is 4. The van der Waals surface area contributed by atoms with Crippen LogP contribution < -0.4 is 5.32 Å². The number of carbonyl (C=O) groups is 1. The second-order valence-electron chi connectivity index (χ2n) is 7.52. The second-order valence-corrected chi connectivity index (χ2v) is 10.7. The first-order valence-electron chi connectivity index (χ1n) is 9.67. The third-order valence-electron chi connectivity index (χ3n) is 5.47. The molecule has 1 fully saturated rings. The Kier molecular flexibility index (Phi) is 5.16. The van der Waals surface area contributed by atoms with Gasteiger partial charge in [0.15, 0.2) is 9.84 Å². The highest BCUT2D eigenvalue weighted by Crippen LogP contribution is 2.32. The average molecular weight is 430 g/mol. The van der Waals surface area contributed by atoms with Gasteiger partial charge in [-0.25, -0.2) is 18.4 Å². The fourth-order valence-corrected chi connectivity index (χ4v) is 7.02. The number of benzene rings is 1. The van der Waals surface area contributed by atoms with E-state index in [4.69, 9.17) is 0 Å². The highest BCUT2D eigenvalue weighted by atomic mass is 32.2. The van der Waals surface area contributed by atoms with Crippen LogP contribution in [0.15, 0.2) is 29.2 Å². The summed E-state index contributed by atoms with van der Waals surface area (Å²) in [5.74, 6) is 0.455. The van der Waals surface area contributed by atoms with Gasteiger partial charge in [0, 0.05) is 16.8 Å². The molecule has 0 bridgehead atoms. The zero-order valence-corrected chi connectivity index (χ0v) is 18.3. The molecule has 0 radical (unpaired) electrons. The molecule has 3 aromatic rings. The lowest BCUT2D eigenvalue weighted by Gasteiger charge is -2.12. The molecule has 2 aromatic heterocycles. The highest BCUT2D eigenvalue weighted by molar-refractivity contribution is 7.92. The molecule has 0 spiro atoms. The number of nitrogens with one attached hydrogen (secondary N) is 1. The maximum absolute atomic E-state index is 12.8. The zero-order chi connectivity index (χ0) is 20.8. The standard InChI is InChI=1S/C21H23N3O3S2/c1-12-18-13(2)22-14(3)23-21(18)28-19(12)20(25)24-15-8-10-17(11-9-15)29(26,27)16-6-4-5-7-16/h8-11,16H,4-7H2,1-3H3,(H,24,25). The first-order chi connectivity index (χ1) is 13.8. The quantitative estimate of drug-likeness (QED) is 0.655. The normalized spacial score (nSPS) is 15.1. The number of carbonyl (C=O) groups excluding carboxylic acids is 1. The van der Waals surface area contributed by atoms with Crippen LogP contribution in [-0.4, -0.2) is 29.5 Å². The van der Waals surface area contributed by atoms with E-state index in [1.807, 2.05) is 20.8 Å². The van der Waals surface area contributed by atoms with Gasteiger partial charge in [0.1, 0.15) is 10.7 Å². The molecular formula is C21H23N3O3S2. The lowest BCUT2D eigenvalue weighted by Crippen LogP contribution is -2.18. The van der Waals surface area contributed by atoms with Crippen LogP contribution in [-0.2, 0) is 9.84 Å². The van der Waals surface area contributed by atoms with Crippen LogP contribution in [0.5, 0.6) is 0 Å². The molecule has 8 heteroatoms. The Morgan fingerprint density at radius 2 is 1.72 bits per heavy atom. The Bertz CT molecular complexity index is 1190. The molecule has 0 aliphatic heterocycles. The first kappa shape index (κ1) is 20.0. The largest absolute Gasteiger partial charge is 0.321 e. The van der Waals surface area contributed by atoms with Gasteiger partial charge in [0.05, 0.1) is 15.0 Å². The summed E-state index contributed by atoms with van der Waals surface area (Å²) < 4.78 is 25.4. The van der Waals surface area contributed by atoms with Crippen LogP contribution in [0.4, 0.5) is 5.69 Å². The number of sulfone groups is 1. The molecule has 4 rings (SSSR count). The van der Waals surface area contributed by atoms with Crippen molar-refractivity contribution in [2.24, 2.45) is 0 Å². The van der Waals surface area contributed by atoms with Crippen molar-refractivity contribution in [3.8, 4) is 0 Å². The van der Waals surface area contributed by atoms with Crippen LogP contribution in [0, 0.1) is 20.8 Å². The van der Waals surface area contributed by atoms with E-state index in [9.17, 15) is 13.2 Å². The maximum Gasteiger partial charge on any atom is 0.266 e. The van der Waals surface area contributed by atoms with E-state index in [1.165, 1.54) is 11.3 Å². The third-order valence-corrected chi connectivity index (χ3v) is 8.93. The van der Waals surface area contributed by atoms with Gasteiger partial charge >= 0.3 is 0 Å². The number of thiophene rings is 1. The molecule has 6 nitrogen and oxygen atoms in total. The van der Waals surface area contributed by atoms with E-state index >= 15 is 0 Å². The number of hydrogen-bond acceptors (Lipinski definition) is 6. The molecule has 0 atom stereocenters. The van der Waals surface area contributed by atoms with Gasteiger partial charge in [-0.2, -0.15) is 0 Å². The lowest BCUT2D eigenvalue weighted by atomic mass is 10.1. The lowest BCUT2D eigenvalue weighted by molar-refractivity contribution is 0.103. The smallest absolute Gasteiger partial charge is 0.266 e. The van der Waals surface area contributed by atoms with E-state index < -0.39 is 9.84 Å². The third kappa shape index (κ3) is 3.67. The number of anilines is 1. The van der Waals surface area contributed by atoms with Crippen LogP contribution >= 0.6 is 11.3 Å². The molecule has 152 valence electrons. The fraction of sp³-hybridized carbons (Fsp3) is 0.381. The van der Waals surface area contributed by atoms with E-state index in [-0.39, 0.29) is 11.2 Å². The number of fused-ring (bicyclic) bond motifs is 1. The minimum absolute atomic E-state index is 0.228. The summed E-state index contributed by atoms with van der Waals surface area (Å²) in [4.78, 5) is 23.4. The summed E-state index contributed by atoms with van der Waals surface area (Å²) in [5.41, 5.74) is 2.29. The molecule has 0 unspecified atom stereocenters. The van der Waals surface area contributed by atoms with Crippen molar-refractivity contribution in [1.29, 1.82) is 0 Å². The van der Waals surface area contributed by atoms with Gasteiger partial charge in [-0.3, -0.25) is 4.79 Å². The van der Waals surface area contributed by atoms with Crippen LogP contribution in [0.2, 0.25) is 0 Å². The first-order valence-corrected chi connectivity index (χ1v) is 12.0.